The molecule has 5 nitrogen and oxygen atoms in total. The number of fused-ring (bicyclic) bond motifs is 7. The lowest BCUT2D eigenvalue weighted by Crippen LogP contribution is -2.41. The average Bonchev–Trinajstić information content (AvgIpc) is 2.83. The monoisotopic (exact) mass is 337 g/mol. The highest BCUT2D eigenvalue weighted by atomic mass is 16.4. The minimum absolute atomic E-state index is 0.0100. The van der Waals surface area contributed by atoms with Gasteiger partial charge in [-0.15, -0.1) is 0 Å². The lowest BCUT2D eigenvalue weighted by Gasteiger charge is -2.34. The molecule has 0 aliphatic carbocycles. The summed E-state index contributed by atoms with van der Waals surface area (Å²) in [5.74, 6) is -2.51. The van der Waals surface area contributed by atoms with Gasteiger partial charge >= 0.3 is 11.9 Å². The van der Waals surface area contributed by atoms with Crippen LogP contribution in [-0.4, -0.2) is 22.2 Å². The van der Waals surface area contributed by atoms with Gasteiger partial charge in [0.2, 0.25) is 0 Å². The van der Waals surface area contributed by atoms with Gasteiger partial charge in [-0.3, -0.25) is 5.32 Å². The minimum Gasteiger partial charge on any atom is -0.478 e. The molecule has 4 rings (SSSR count). The molecule has 0 aromatic heterocycles. The van der Waals surface area contributed by atoms with Gasteiger partial charge in [0, 0.05) is 18.2 Å². The molecule has 5 heteroatoms. The van der Waals surface area contributed by atoms with Gasteiger partial charge in [-0.25, -0.2) is 9.59 Å². The smallest absolute Gasteiger partial charge is 0.328 e. The molecule has 2 aliphatic rings. The molecule has 2 aromatic carbocycles. The van der Waals surface area contributed by atoms with Crippen molar-refractivity contribution in [3.8, 4) is 0 Å². The van der Waals surface area contributed by atoms with Crippen molar-refractivity contribution in [1.82, 2.24) is 5.32 Å². The van der Waals surface area contributed by atoms with Crippen LogP contribution in [0.4, 0.5) is 0 Å². The van der Waals surface area contributed by atoms with Crippen LogP contribution in [0.5, 0.6) is 0 Å². The predicted octanol–water partition coefficient (Wildman–Crippen LogP) is 2.86. The summed E-state index contributed by atoms with van der Waals surface area (Å²) in [6.45, 7) is 2.31. The van der Waals surface area contributed by atoms with Crippen LogP contribution in [0, 0.1) is 0 Å². The molecule has 0 spiro atoms. The van der Waals surface area contributed by atoms with Crippen LogP contribution in [0.2, 0.25) is 0 Å². The number of aliphatic carboxylic acids is 2. The van der Waals surface area contributed by atoms with Crippen molar-refractivity contribution >= 4 is 11.9 Å². The number of carboxylic acids is 2. The van der Waals surface area contributed by atoms with E-state index < -0.39 is 11.9 Å². The van der Waals surface area contributed by atoms with E-state index in [4.69, 9.17) is 10.2 Å². The Bertz CT molecular complexity index is 829. The molecular formula is C20H19NO4. The summed E-state index contributed by atoms with van der Waals surface area (Å²) in [6, 6.07) is 18.2. The fourth-order valence-electron chi connectivity index (χ4n) is 3.69. The largest absolute Gasteiger partial charge is 0.478 e. The molecule has 0 unspecified atom stereocenters. The Morgan fingerprint density at radius 3 is 2.20 bits per heavy atom. The Kier molecular flexibility index (Phi) is 4.42. The second-order valence-corrected chi connectivity index (χ2v) is 6.28. The number of carboxylic acid groups (broad SMARTS) is 2. The summed E-state index contributed by atoms with van der Waals surface area (Å²) >= 11 is 0. The van der Waals surface area contributed by atoms with E-state index in [1.807, 2.05) is 0 Å². The molecule has 3 N–H and O–H groups in total. The van der Waals surface area contributed by atoms with Crippen LogP contribution in [0.3, 0.4) is 0 Å². The molecule has 0 fully saturated rings. The van der Waals surface area contributed by atoms with Gasteiger partial charge in [-0.1, -0.05) is 48.5 Å². The van der Waals surface area contributed by atoms with E-state index in [0.29, 0.717) is 18.2 Å². The molecule has 128 valence electrons. The third-order valence-corrected chi connectivity index (χ3v) is 4.69. The normalized spacial score (nSPS) is 22.5. The van der Waals surface area contributed by atoms with Gasteiger partial charge in [0.05, 0.1) is 5.54 Å². The first-order chi connectivity index (χ1) is 11.9. The standard InChI is InChI=1S/C16H15N.C4H4O4/c1-16-13-8-4-2-6-11(13)10-15(17-16)12-7-3-5-9-14(12)16;5-3(6)1-2-4(7)8/h2-9,15,17H,10H2,1H3;1-2H,(H,5,6)(H,7,8)/b;2-1-/t15-,16+;/m1./s1. The summed E-state index contributed by atoms with van der Waals surface area (Å²) in [4.78, 5) is 19.1. The first-order valence-electron chi connectivity index (χ1n) is 8.01. The molecular weight excluding hydrogens is 318 g/mol. The van der Waals surface area contributed by atoms with Crippen LogP contribution in [0.25, 0.3) is 0 Å². The van der Waals surface area contributed by atoms with Gasteiger partial charge in [0.25, 0.3) is 0 Å². The number of hydrogen-bond acceptors (Lipinski definition) is 3. The van der Waals surface area contributed by atoms with Crippen LogP contribution in [0.1, 0.15) is 35.2 Å². The van der Waals surface area contributed by atoms with E-state index in [2.05, 4.69) is 60.8 Å². The van der Waals surface area contributed by atoms with Crippen LogP contribution < -0.4 is 5.32 Å². The van der Waals surface area contributed by atoms with Crippen molar-refractivity contribution in [1.29, 1.82) is 0 Å². The second-order valence-electron chi connectivity index (χ2n) is 6.28. The lowest BCUT2D eigenvalue weighted by molar-refractivity contribution is -0.134. The summed E-state index contributed by atoms with van der Waals surface area (Å²) < 4.78 is 0. The van der Waals surface area contributed by atoms with E-state index in [-0.39, 0.29) is 5.54 Å². The molecule has 0 saturated heterocycles. The van der Waals surface area contributed by atoms with Gasteiger partial charge in [-0.05, 0) is 35.6 Å². The van der Waals surface area contributed by atoms with Crippen molar-refractivity contribution in [3.63, 3.8) is 0 Å². The zero-order valence-corrected chi connectivity index (χ0v) is 13.8. The summed E-state index contributed by atoms with van der Waals surface area (Å²) in [5, 5.41) is 19.4. The number of rotatable bonds is 2. The van der Waals surface area contributed by atoms with Crippen molar-refractivity contribution in [2.24, 2.45) is 0 Å². The summed E-state index contributed by atoms with van der Waals surface area (Å²) in [7, 11) is 0. The fourth-order valence-corrected chi connectivity index (χ4v) is 3.69. The first-order valence-corrected chi connectivity index (χ1v) is 8.01. The van der Waals surface area contributed by atoms with Gasteiger partial charge < -0.3 is 10.2 Å². The fraction of sp³-hybridized carbons (Fsp3) is 0.200. The third kappa shape index (κ3) is 3.19. The molecule has 25 heavy (non-hydrogen) atoms. The van der Waals surface area contributed by atoms with Crippen LogP contribution in [-0.2, 0) is 21.5 Å². The van der Waals surface area contributed by atoms with Crippen molar-refractivity contribution in [3.05, 3.63) is 82.9 Å². The number of nitrogens with one attached hydrogen (secondary N) is 1. The average molecular weight is 337 g/mol. The summed E-state index contributed by atoms with van der Waals surface area (Å²) in [5.41, 5.74) is 5.88. The zero-order chi connectivity index (χ0) is 18.0. The highest BCUT2D eigenvalue weighted by molar-refractivity contribution is 5.89. The van der Waals surface area contributed by atoms with Crippen molar-refractivity contribution in [2.45, 2.75) is 24.9 Å². The quantitative estimate of drug-likeness (QED) is 0.734. The van der Waals surface area contributed by atoms with E-state index in [1.165, 1.54) is 22.3 Å². The van der Waals surface area contributed by atoms with Gasteiger partial charge in [-0.2, -0.15) is 0 Å². The molecule has 0 saturated carbocycles. The Hall–Kier alpha value is -2.92. The predicted molar refractivity (Wildman–Crippen MR) is 93.3 cm³/mol. The van der Waals surface area contributed by atoms with Crippen molar-refractivity contribution in [2.75, 3.05) is 0 Å². The van der Waals surface area contributed by atoms with Gasteiger partial charge in [0.15, 0.2) is 0 Å². The van der Waals surface area contributed by atoms with E-state index in [9.17, 15) is 9.59 Å². The maximum Gasteiger partial charge on any atom is 0.328 e. The highest BCUT2D eigenvalue weighted by Crippen LogP contribution is 2.47. The SMILES string of the molecule is C[C@]12N[C@H](Cc3ccccc31)c1ccccc12.O=C(O)/C=C\C(=O)O. The lowest BCUT2D eigenvalue weighted by atomic mass is 9.82. The number of carbonyl (C=O) groups is 2. The molecule has 2 aromatic rings. The van der Waals surface area contributed by atoms with Crippen LogP contribution in [0.15, 0.2) is 60.7 Å². The zero-order valence-electron chi connectivity index (χ0n) is 13.8. The molecule has 0 amide bonds. The molecule has 2 aliphatic heterocycles. The van der Waals surface area contributed by atoms with Crippen LogP contribution >= 0.6 is 0 Å². The Labute approximate surface area is 145 Å². The summed E-state index contributed by atoms with van der Waals surface area (Å²) in [6.07, 6.45) is 2.23. The Morgan fingerprint density at radius 1 is 1.00 bits per heavy atom. The van der Waals surface area contributed by atoms with E-state index in [1.54, 1.807) is 0 Å². The Morgan fingerprint density at radius 2 is 1.56 bits per heavy atom. The maximum absolute atomic E-state index is 9.55. The number of hydrogen-bond donors (Lipinski definition) is 3. The molecule has 2 bridgehead atoms. The molecule has 0 radical (unpaired) electrons. The van der Waals surface area contributed by atoms with E-state index >= 15 is 0 Å². The topological polar surface area (TPSA) is 86.6 Å². The molecule has 2 heterocycles. The van der Waals surface area contributed by atoms with Crippen molar-refractivity contribution < 1.29 is 19.8 Å². The Balaban J connectivity index is 0.000000197. The highest BCUT2D eigenvalue weighted by Gasteiger charge is 2.45. The second kappa shape index (κ2) is 6.53. The maximum atomic E-state index is 9.55. The minimum atomic E-state index is -1.26. The number of benzene rings is 2. The van der Waals surface area contributed by atoms with Gasteiger partial charge in [0.1, 0.15) is 0 Å². The third-order valence-electron chi connectivity index (χ3n) is 4.69. The first kappa shape index (κ1) is 16.9. The molecule has 2 atom stereocenters. The van der Waals surface area contributed by atoms with E-state index in [0.717, 1.165) is 6.42 Å².